The lowest BCUT2D eigenvalue weighted by Crippen LogP contribution is -2.17. The summed E-state index contributed by atoms with van der Waals surface area (Å²) in [5.41, 5.74) is 5.14. The third kappa shape index (κ3) is 6.30. The van der Waals surface area contributed by atoms with Crippen LogP contribution in [0, 0.1) is 0 Å². The minimum absolute atomic E-state index is 0.259. The monoisotopic (exact) mass is 429 g/mol. The van der Waals surface area contributed by atoms with E-state index in [4.69, 9.17) is 9.47 Å². The molecule has 0 aliphatic carbocycles. The Balaban J connectivity index is 1.54. The largest absolute Gasteiger partial charge is 0.493 e. The van der Waals surface area contributed by atoms with Gasteiger partial charge in [0, 0.05) is 17.3 Å². The highest BCUT2D eigenvalue weighted by Gasteiger charge is 2.06. The molecule has 3 rings (SSSR count). The first-order chi connectivity index (χ1) is 15.6. The van der Waals surface area contributed by atoms with E-state index in [9.17, 15) is 9.59 Å². The molecule has 3 aromatic rings. The number of carbonyl (C=O) groups is 2. The van der Waals surface area contributed by atoms with E-state index in [1.165, 1.54) is 12.3 Å². The molecule has 0 radical (unpaired) electrons. The zero-order chi connectivity index (χ0) is 22.8. The van der Waals surface area contributed by atoms with E-state index in [0.717, 1.165) is 11.1 Å². The van der Waals surface area contributed by atoms with Crippen molar-refractivity contribution in [1.29, 1.82) is 0 Å². The molecule has 7 heteroatoms. The highest BCUT2D eigenvalue weighted by Crippen LogP contribution is 2.26. The van der Waals surface area contributed by atoms with Gasteiger partial charge in [-0.2, -0.15) is 5.10 Å². The molecule has 0 spiro atoms. The summed E-state index contributed by atoms with van der Waals surface area (Å²) in [7, 11) is 3.11. The second kappa shape index (κ2) is 11.1. The Morgan fingerprint density at radius 3 is 2.25 bits per heavy atom. The molecule has 0 unspecified atom stereocenters. The van der Waals surface area contributed by atoms with Crippen LogP contribution < -0.4 is 20.2 Å². The smallest absolute Gasteiger partial charge is 0.271 e. The van der Waals surface area contributed by atoms with Gasteiger partial charge in [-0.15, -0.1) is 0 Å². The summed E-state index contributed by atoms with van der Waals surface area (Å²) in [6.07, 6.45) is 4.69. The molecule has 0 saturated carbocycles. The molecule has 0 saturated heterocycles. The lowest BCUT2D eigenvalue weighted by Gasteiger charge is -2.07. The first kappa shape index (κ1) is 22.3. The van der Waals surface area contributed by atoms with Crippen LogP contribution in [0.3, 0.4) is 0 Å². The van der Waals surface area contributed by atoms with Crippen LogP contribution in [0.5, 0.6) is 11.5 Å². The molecular formula is C25H23N3O4. The number of amides is 2. The van der Waals surface area contributed by atoms with E-state index in [1.807, 2.05) is 30.3 Å². The zero-order valence-corrected chi connectivity index (χ0v) is 17.7. The van der Waals surface area contributed by atoms with E-state index in [2.05, 4.69) is 15.8 Å². The number of carbonyl (C=O) groups excluding carboxylic acids is 2. The molecule has 0 heterocycles. The number of methoxy groups -OCH3 is 2. The van der Waals surface area contributed by atoms with Crippen LogP contribution in [-0.2, 0) is 4.79 Å². The van der Waals surface area contributed by atoms with Crippen molar-refractivity contribution in [3.05, 3.63) is 95.6 Å². The zero-order valence-electron chi connectivity index (χ0n) is 17.7. The van der Waals surface area contributed by atoms with Crippen LogP contribution in [0.4, 0.5) is 5.69 Å². The minimum atomic E-state index is -0.372. The van der Waals surface area contributed by atoms with Crippen molar-refractivity contribution in [1.82, 2.24) is 5.43 Å². The summed E-state index contributed by atoms with van der Waals surface area (Å²) in [6, 6.07) is 21.4. The standard InChI is InChI=1S/C25H23N3O4/c1-31-22-14-8-19(16-23(22)32-2)17-26-28-25(30)20-10-12-21(13-11-20)27-24(29)15-9-18-6-4-3-5-7-18/h3-17H,1-2H3,(H,27,29)(H,28,30)/b15-9+,26-17-. The normalized spacial score (nSPS) is 10.8. The fourth-order valence-corrected chi connectivity index (χ4v) is 2.79. The lowest BCUT2D eigenvalue weighted by molar-refractivity contribution is -0.111. The quantitative estimate of drug-likeness (QED) is 0.320. The Morgan fingerprint density at radius 1 is 0.844 bits per heavy atom. The molecule has 0 aromatic heterocycles. The van der Waals surface area contributed by atoms with Crippen LogP contribution in [0.25, 0.3) is 6.08 Å². The Morgan fingerprint density at radius 2 is 1.56 bits per heavy atom. The summed E-state index contributed by atoms with van der Waals surface area (Å²) in [4.78, 5) is 24.3. The Kier molecular flexibility index (Phi) is 7.75. The fourth-order valence-electron chi connectivity index (χ4n) is 2.79. The highest BCUT2D eigenvalue weighted by molar-refractivity contribution is 6.02. The van der Waals surface area contributed by atoms with E-state index in [-0.39, 0.29) is 11.8 Å². The number of hydrogen-bond donors (Lipinski definition) is 2. The average molecular weight is 429 g/mol. The molecule has 2 amide bonds. The van der Waals surface area contributed by atoms with E-state index in [0.29, 0.717) is 22.7 Å². The number of rotatable bonds is 8. The molecule has 0 bridgehead atoms. The van der Waals surface area contributed by atoms with Gasteiger partial charge in [0.1, 0.15) is 0 Å². The Labute approximate surface area is 186 Å². The van der Waals surface area contributed by atoms with Gasteiger partial charge in [0.25, 0.3) is 5.91 Å². The van der Waals surface area contributed by atoms with Crippen LogP contribution >= 0.6 is 0 Å². The molecule has 2 N–H and O–H groups in total. The molecule has 0 aliphatic rings. The molecule has 7 nitrogen and oxygen atoms in total. The van der Waals surface area contributed by atoms with Crippen LogP contribution in [-0.4, -0.2) is 32.2 Å². The average Bonchev–Trinajstić information content (AvgIpc) is 2.83. The molecule has 0 aliphatic heterocycles. The third-order valence-corrected chi connectivity index (χ3v) is 4.43. The van der Waals surface area contributed by atoms with Crippen molar-refractivity contribution in [3.8, 4) is 11.5 Å². The van der Waals surface area contributed by atoms with Gasteiger partial charge in [-0.25, -0.2) is 5.43 Å². The Bertz CT molecular complexity index is 1120. The van der Waals surface area contributed by atoms with Crippen molar-refractivity contribution in [2.24, 2.45) is 5.10 Å². The van der Waals surface area contributed by atoms with E-state index >= 15 is 0 Å². The van der Waals surface area contributed by atoms with Gasteiger partial charge >= 0.3 is 0 Å². The summed E-state index contributed by atoms with van der Waals surface area (Å²) in [6.45, 7) is 0. The van der Waals surface area contributed by atoms with Crippen LogP contribution in [0.2, 0.25) is 0 Å². The van der Waals surface area contributed by atoms with Gasteiger partial charge < -0.3 is 14.8 Å². The van der Waals surface area contributed by atoms with Gasteiger partial charge in [-0.05, 0) is 59.7 Å². The van der Waals surface area contributed by atoms with Crippen LogP contribution in [0.1, 0.15) is 21.5 Å². The molecule has 3 aromatic carbocycles. The van der Waals surface area contributed by atoms with Crippen molar-refractivity contribution >= 4 is 29.8 Å². The number of ether oxygens (including phenoxy) is 2. The second-order valence-corrected chi connectivity index (χ2v) is 6.62. The predicted octanol–water partition coefficient (Wildman–Crippen LogP) is 4.12. The van der Waals surface area contributed by atoms with Gasteiger partial charge in [0.2, 0.25) is 5.91 Å². The van der Waals surface area contributed by atoms with Crippen molar-refractivity contribution in [2.75, 3.05) is 19.5 Å². The summed E-state index contributed by atoms with van der Waals surface area (Å²) in [5, 5.41) is 6.73. The molecule has 0 fully saturated rings. The summed E-state index contributed by atoms with van der Waals surface area (Å²) < 4.78 is 10.4. The lowest BCUT2D eigenvalue weighted by atomic mass is 10.2. The van der Waals surface area contributed by atoms with Crippen molar-refractivity contribution in [3.63, 3.8) is 0 Å². The number of nitrogens with zero attached hydrogens (tertiary/aromatic N) is 1. The minimum Gasteiger partial charge on any atom is -0.493 e. The molecule has 0 atom stereocenters. The number of hydrogen-bond acceptors (Lipinski definition) is 5. The molecule has 162 valence electrons. The second-order valence-electron chi connectivity index (χ2n) is 6.62. The van der Waals surface area contributed by atoms with Gasteiger partial charge in [-0.1, -0.05) is 30.3 Å². The number of hydrazone groups is 1. The maximum absolute atomic E-state index is 12.3. The SMILES string of the molecule is COc1ccc(/C=N\NC(=O)c2ccc(NC(=O)/C=C/c3ccccc3)cc2)cc1OC. The first-order valence-corrected chi connectivity index (χ1v) is 9.78. The van der Waals surface area contributed by atoms with Crippen molar-refractivity contribution < 1.29 is 19.1 Å². The maximum Gasteiger partial charge on any atom is 0.271 e. The van der Waals surface area contributed by atoms with Gasteiger partial charge in [0.05, 0.1) is 20.4 Å². The van der Waals surface area contributed by atoms with E-state index < -0.39 is 0 Å². The maximum atomic E-state index is 12.3. The van der Waals surface area contributed by atoms with Gasteiger partial charge in [-0.3, -0.25) is 9.59 Å². The topological polar surface area (TPSA) is 89.0 Å². The van der Waals surface area contributed by atoms with Crippen LogP contribution in [0.15, 0.2) is 84.0 Å². The number of nitrogens with one attached hydrogen (secondary N) is 2. The first-order valence-electron chi connectivity index (χ1n) is 9.78. The number of anilines is 1. The fraction of sp³-hybridized carbons (Fsp3) is 0.0800. The summed E-state index contributed by atoms with van der Waals surface area (Å²) >= 11 is 0. The Hall–Kier alpha value is -4.39. The van der Waals surface area contributed by atoms with Gasteiger partial charge in [0.15, 0.2) is 11.5 Å². The highest BCUT2D eigenvalue weighted by atomic mass is 16.5. The molecule has 32 heavy (non-hydrogen) atoms. The molecular weight excluding hydrogens is 406 g/mol. The predicted molar refractivity (Wildman–Crippen MR) is 125 cm³/mol. The number of benzene rings is 3. The van der Waals surface area contributed by atoms with E-state index in [1.54, 1.807) is 62.8 Å². The van der Waals surface area contributed by atoms with Crippen molar-refractivity contribution in [2.45, 2.75) is 0 Å². The third-order valence-electron chi connectivity index (χ3n) is 4.43. The summed E-state index contributed by atoms with van der Waals surface area (Å²) in [5.74, 6) is 0.546.